The van der Waals surface area contributed by atoms with Crippen LogP contribution >= 0.6 is 11.8 Å². The zero-order chi connectivity index (χ0) is 12.1. The van der Waals surface area contributed by atoms with E-state index in [-0.39, 0.29) is 11.9 Å². The van der Waals surface area contributed by atoms with Gasteiger partial charge in [-0.3, -0.25) is 0 Å². The first-order valence-corrected chi connectivity index (χ1v) is 6.71. The molecule has 1 nitrogen and oxygen atoms in total. The SMILES string of the molecule is CCC(C)CSc1ccc([C@@H](C)N)cc1F. The van der Waals surface area contributed by atoms with Gasteiger partial charge in [0.05, 0.1) is 0 Å². The summed E-state index contributed by atoms with van der Waals surface area (Å²) in [5.41, 5.74) is 6.56. The number of hydrogen-bond acceptors (Lipinski definition) is 2. The van der Waals surface area contributed by atoms with Crippen LogP contribution in [0.3, 0.4) is 0 Å². The third kappa shape index (κ3) is 3.80. The van der Waals surface area contributed by atoms with Crippen molar-refractivity contribution in [1.29, 1.82) is 0 Å². The highest BCUT2D eigenvalue weighted by Gasteiger charge is 2.08. The number of benzene rings is 1. The standard InChI is InChI=1S/C13H20FNS/c1-4-9(2)8-16-13-6-5-11(10(3)15)7-12(13)14/h5-7,9-10H,4,8,15H2,1-3H3/t9?,10-/m1/s1. The normalized spacial score (nSPS) is 14.8. The van der Waals surface area contributed by atoms with Crippen molar-refractivity contribution < 1.29 is 4.39 Å². The summed E-state index contributed by atoms with van der Waals surface area (Å²) < 4.78 is 13.7. The molecule has 1 rings (SSSR count). The molecule has 1 unspecified atom stereocenters. The van der Waals surface area contributed by atoms with E-state index in [0.29, 0.717) is 5.92 Å². The van der Waals surface area contributed by atoms with Crippen LogP contribution in [0.15, 0.2) is 23.1 Å². The molecule has 0 fully saturated rings. The van der Waals surface area contributed by atoms with E-state index >= 15 is 0 Å². The van der Waals surface area contributed by atoms with E-state index < -0.39 is 0 Å². The Morgan fingerprint density at radius 2 is 2.06 bits per heavy atom. The smallest absolute Gasteiger partial charge is 0.137 e. The van der Waals surface area contributed by atoms with Gasteiger partial charge in [-0.15, -0.1) is 11.8 Å². The van der Waals surface area contributed by atoms with Crippen LogP contribution in [0.1, 0.15) is 38.8 Å². The lowest BCUT2D eigenvalue weighted by Crippen LogP contribution is -2.05. The number of nitrogens with two attached hydrogens (primary N) is 1. The van der Waals surface area contributed by atoms with Crippen LogP contribution in [0.25, 0.3) is 0 Å². The highest BCUT2D eigenvalue weighted by atomic mass is 32.2. The summed E-state index contributed by atoms with van der Waals surface area (Å²) in [5.74, 6) is 1.44. The Kier molecular flexibility index (Phi) is 5.29. The molecule has 2 N–H and O–H groups in total. The van der Waals surface area contributed by atoms with Crippen LogP contribution in [0, 0.1) is 11.7 Å². The Morgan fingerprint density at radius 1 is 1.38 bits per heavy atom. The van der Waals surface area contributed by atoms with Crippen molar-refractivity contribution in [2.24, 2.45) is 11.7 Å². The predicted molar refractivity (Wildman–Crippen MR) is 69.2 cm³/mol. The highest BCUT2D eigenvalue weighted by Crippen LogP contribution is 2.26. The van der Waals surface area contributed by atoms with E-state index in [1.807, 2.05) is 19.1 Å². The van der Waals surface area contributed by atoms with Crippen LogP contribution in [-0.2, 0) is 0 Å². The van der Waals surface area contributed by atoms with Gasteiger partial charge in [0, 0.05) is 16.7 Å². The van der Waals surface area contributed by atoms with Gasteiger partial charge in [-0.05, 0) is 30.5 Å². The molecule has 0 radical (unpaired) electrons. The van der Waals surface area contributed by atoms with Crippen molar-refractivity contribution in [1.82, 2.24) is 0 Å². The molecule has 0 aliphatic carbocycles. The number of rotatable bonds is 5. The third-order valence-corrected chi connectivity index (χ3v) is 4.08. The maximum absolute atomic E-state index is 13.7. The molecule has 0 bridgehead atoms. The zero-order valence-corrected chi connectivity index (χ0v) is 11.0. The summed E-state index contributed by atoms with van der Waals surface area (Å²) in [4.78, 5) is 0.727. The lowest BCUT2D eigenvalue weighted by atomic mass is 10.1. The van der Waals surface area contributed by atoms with Crippen molar-refractivity contribution >= 4 is 11.8 Å². The fourth-order valence-corrected chi connectivity index (χ4v) is 2.33. The largest absolute Gasteiger partial charge is 0.324 e. The zero-order valence-electron chi connectivity index (χ0n) is 10.2. The summed E-state index contributed by atoms with van der Waals surface area (Å²) in [6.07, 6.45) is 1.13. The summed E-state index contributed by atoms with van der Waals surface area (Å²) in [6.45, 7) is 6.20. The van der Waals surface area contributed by atoms with Gasteiger partial charge in [0.2, 0.25) is 0 Å². The van der Waals surface area contributed by atoms with Gasteiger partial charge >= 0.3 is 0 Å². The van der Waals surface area contributed by atoms with E-state index in [9.17, 15) is 4.39 Å². The first kappa shape index (κ1) is 13.5. The average molecular weight is 241 g/mol. The molecule has 3 heteroatoms. The quantitative estimate of drug-likeness (QED) is 0.789. The van der Waals surface area contributed by atoms with Crippen LogP contribution in [0.2, 0.25) is 0 Å². The molecule has 0 heterocycles. The molecule has 0 saturated carbocycles. The first-order valence-electron chi connectivity index (χ1n) is 5.72. The minimum atomic E-state index is -0.150. The molecular weight excluding hydrogens is 221 g/mol. The first-order chi connectivity index (χ1) is 7.54. The average Bonchev–Trinajstić information content (AvgIpc) is 2.26. The van der Waals surface area contributed by atoms with Crippen LogP contribution in [0.4, 0.5) is 4.39 Å². The monoisotopic (exact) mass is 241 g/mol. The van der Waals surface area contributed by atoms with E-state index in [1.54, 1.807) is 17.8 Å². The molecule has 1 aromatic carbocycles. The van der Waals surface area contributed by atoms with E-state index in [0.717, 1.165) is 22.6 Å². The fourth-order valence-electron chi connectivity index (χ4n) is 1.27. The predicted octanol–water partition coefficient (Wildman–Crippen LogP) is 3.98. The summed E-state index contributed by atoms with van der Waals surface area (Å²) in [7, 11) is 0. The fraction of sp³-hybridized carbons (Fsp3) is 0.538. The molecule has 16 heavy (non-hydrogen) atoms. The third-order valence-electron chi connectivity index (χ3n) is 2.70. The van der Waals surface area contributed by atoms with Gasteiger partial charge in [0.25, 0.3) is 0 Å². The molecule has 0 aliphatic heterocycles. The summed E-state index contributed by atoms with van der Waals surface area (Å²) in [5, 5.41) is 0. The molecule has 1 aromatic rings. The molecule has 0 spiro atoms. The van der Waals surface area contributed by atoms with Crippen molar-refractivity contribution in [3.05, 3.63) is 29.6 Å². The molecule has 0 amide bonds. The van der Waals surface area contributed by atoms with Gasteiger partial charge in [-0.1, -0.05) is 26.3 Å². The number of hydrogen-bond donors (Lipinski definition) is 1. The van der Waals surface area contributed by atoms with Gasteiger partial charge in [0.1, 0.15) is 5.82 Å². The van der Waals surface area contributed by atoms with E-state index in [4.69, 9.17) is 5.73 Å². The van der Waals surface area contributed by atoms with Crippen molar-refractivity contribution in [3.63, 3.8) is 0 Å². The van der Waals surface area contributed by atoms with Gasteiger partial charge in [0.15, 0.2) is 0 Å². The van der Waals surface area contributed by atoms with Gasteiger partial charge < -0.3 is 5.73 Å². The minimum Gasteiger partial charge on any atom is -0.324 e. The Bertz CT molecular complexity index is 339. The molecule has 90 valence electrons. The van der Waals surface area contributed by atoms with E-state index in [1.165, 1.54) is 0 Å². The Labute approximate surface area is 102 Å². The lowest BCUT2D eigenvalue weighted by molar-refractivity contribution is 0.594. The summed E-state index contributed by atoms with van der Waals surface area (Å²) >= 11 is 1.58. The topological polar surface area (TPSA) is 26.0 Å². The second kappa shape index (κ2) is 6.26. The Hall–Kier alpha value is -0.540. The maximum Gasteiger partial charge on any atom is 0.137 e. The van der Waals surface area contributed by atoms with E-state index in [2.05, 4.69) is 13.8 Å². The van der Waals surface area contributed by atoms with Crippen molar-refractivity contribution in [3.8, 4) is 0 Å². The van der Waals surface area contributed by atoms with Crippen molar-refractivity contribution in [2.45, 2.75) is 38.1 Å². The molecular formula is C13H20FNS. The maximum atomic E-state index is 13.7. The van der Waals surface area contributed by atoms with Crippen LogP contribution in [-0.4, -0.2) is 5.75 Å². The minimum absolute atomic E-state index is 0.108. The Morgan fingerprint density at radius 3 is 2.56 bits per heavy atom. The van der Waals surface area contributed by atoms with Crippen LogP contribution in [0.5, 0.6) is 0 Å². The van der Waals surface area contributed by atoms with Gasteiger partial charge in [-0.2, -0.15) is 0 Å². The number of thioether (sulfide) groups is 1. The lowest BCUT2D eigenvalue weighted by Gasteiger charge is -2.10. The summed E-state index contributed by atoms with van der Waals surface area (Å²) in [6, 6.07) is 5.18. The second-order valence-corrected chi connectivity index (χ2v) is 5.36. The number of halogens is 1. The second-order valence-electron chi connectivity index (χ2n) is 4.30. The highest BCUT2D eigenvalue weighted by molar-refractivity contribution is 7.99. The molecule has 2 atom stereocenters. The van der Waals surface area contributed by atoms with Crippen molar-refractivity contribution in [2.75, 3.05) is 5.75 Å². The van der Waals surface area contributed by atoms with Gasteiger partial charge in [-0.25, -0.2) is 4.39 Å². The molecule has 0 aliphatic rings. The van der Waals surface area contributed by atoms with Crippen LogP contribution < -0.4 is 5.73 Å². The molecule has 0 saturated heterocycles. The molecule has 0 aromatic heterocycles. The Balaban J connectivity index is 2.68.